The molecule has 0 aliphatic rings. The van der Waals surface area contributed by atoms with E-state index < -0.39 is 12.0 Å². The average molecular weight is 297 g/mol. The van der Waals surface area contributed by atoms with E-state index in [9.17, 15) is 8.78 Å². The largest absolute Gasteiger partial charge is 0.435 e. The van der Waals surface area contributed by atoms with Crippen LogP contribution in [-0.2, 0) is 0 Å². The van der Waals surface area contributed by atoms with Gasteiger partial charge in [0.25, 0.3) is 0 Å². The molecule has 2 aromatic rings. The molecule has 0 amide bonds. The van der Waals surface area contributed by atoms with Gasteiger partial charge < -0.3 is 4.74 Å². The molecular weight excluding hydrogens is 282 g/mol. The summed E-state index contributed by atoms with van der Waals surface area (Å²) in [5.74, 6) is 0.119. The Hall–Kier alpha value is -1.61. The van der Waals surface area contributed by atoms with Crippen molar-refractivity contribution < 1.29 is 13.5 Å². The van der Waals surface area contributed by atoms with Crippen LogP contribution < -0.4 is 4.74 Å². The van der Waals surface area contributed by atoms with E-state index in [2.05, 4.69) is 4.74 Å². The topological polar surface area (TPSA) is 9.23 Å². The van der Waals surface area contributed by atoms with Crippen LogP contribution in [0.1, 0.15) is 27.6 Å². The number of aryl methyl sites for hydroxylation is 2. The van der Waals surface area contributed by atoms with Gasteiger partial charge in [0.1, 0.15) is 5.75 Å². The number of benzene rings is 2. The van der Waals surface area contributed by atoms with E-state index in [-0.39, 0.29) is 5.75 Å². The van der Waals surface area contributed by atoms with E-state index in [1.807, 2.05) is 32.0 Å². The fourth-order valence-electron chi connectivity index (χ4n) is 2.06. The number of alkyl halides is 3. The molecule has 20 heavy (non-hydrogen) atoms. The highest BCUT2D eigenvalue weighted by molar-refractivity contribution is 6.22. The Balaban J connectivity index is 2.33. The molecule has 0 radical (unpaired) electrons. The van der Waals surface area contributed by atoms with Crippen LogP contribution in [0.15, 0.2) is 42.5 Å². The summed E-state index contributed by atoms with van der Waals surface area (Å²) in [6.45, 7) is 1.13. The summed E-state index contributed by atoms with van der Waals surface area (Å²) in [7, 11) is 0. The van der Waals surface area contributed by atoms with Crippen molar-refractivity contribution in [2.75, 3.05) is 0 Å². The number of ether oxygens (including phenoxy) is 1. The maximum Gasteiger partial charge on any atom is 0.387 e. The third-order valence-electron chi connectivity index (χ3n) is 3.08. The monoisotopic (exact) mass is 296 g/mol. The zero-order chi connectivity index (χ0) is 14.7. The van der Waals surface area contributed by atoms with Gasteiger partial charge in [-0.2, -0.15) is 8.78 Å². The molecule has 0 aromatic heterocycles. The first kappa shape index (κ1) is 14.8. The molecule has 0 fully saturated rings. The van der Waals surface area contributed by atoms with Gasteiger partial charge in [-0.1, -0.05) is 35.9 Å². The minimum absolute atomic E-state index is 0.119. The molecule has 1 nitrogen and oxygen atoms in total. The normalized spacial score (nSPS) is 12.5. The first-order valence-electron chi connectivity index (χ1n) is 6.23. The van der Waals surface area contributed by atoms with E-state index in [0.717, 1.165) is 22.3 Å². The fourth-order valence-corrected chi connectivity index (χ4v) is 2.43. The molecule has 0 saturated heterocycles. The van der Waals surface area contributed by atoms with E-state index in [1.165, 1.54) is 6.07 Å². The highest BCUT2D eigenvalue weighted by Crippen LogP contribution is 2.33. The Bertz CT molecular complexity index is 599. The maximum absolute atomic E-state index is 12.2. The van der Waals surface area contributed by atoms with Crippen LogP contribution >= 0.6 is 11.6 Å². The van der Waals surface area contributed by atoms with Gasteiger partial charge in [-0.15, -0.1) is 11.6 Å². The van der Waals surface area contributed by atoms with Gasteiger partial charge in [0.15, 0.2) is 0 Å². The molecule has 106 valence electrons. The van der Waals surface area contributed by atoms with Crippen LogP contribution in [0.2, 0.25) is 0 Å². The molecule has 2 aromatic carbocycles. The Kier molecular flexibility index (Phi) is 4.61. The molecule has 0 N–H and O–H groups in total. The lowest BCUT2D eigenvalue weighted by molar-refractivity contribution is -0.0498. The molecule has 0 aliphatic carbocycles. The molecule has 1 atom stereocenters. The van der Waals surface area contributed by atoms with Gasteiger partial charge in [0.2, 0.25) is 0 Å². The number of rotatable bonds is 4. The van der Waals surface area contributed by atoms with Gasteiger partial charge in [-0.25, -0.2) is 0 Å². The van der Waals surface area contributed by atoms with Crippen molar-refractivity contribution in [3.63, 3.8) is 0 Å². The molecule has 0 saturated carbocycles. The molecule has 0 spiro atoms. The van der Waals surface area contributed by atoms with Crippen molar-refractivity contribution in [2.24, 2.45) is 0 Å². The van der Waals surface area contributed by atoms with Crippen LogP contribution in [0.3, 0.4) is 0 Å². The second kappa shape index (κ2) is 6.23. The first-order chi connectivity index (χ1) is 9.47. The maximum atomic E-state index is 12.2. The summed E-state index contributed by atoms with van der Waals surface area (Å²) >= 11 is 6.47. The zero-order valence-corrected chi connectivity index (χ0v) is 12.0. The van der Waals surface area contributed by atoms with Crippen LogP contribution in [-0.4, -0.2) is 6.61 Å². The van der Waals surface area contributed by atoms with Crippen molar-refractivity contribution in [1.29, 1.82) is 0 Å². The molecule has 4 heteroatoms. The average Bonchev–Trinajstić information content (AvgIpc) is 2.40. The summed E-state index contributed by atoms with van der Waals surface area (Å²) in [5.41, 5.74) is 3.88. The van der Waals surface area contributed by atoms with Crippen LogP contribution in [0, 0.1) is 13.8 Å². The van der Waals surface area contributed by atoms with Gasteiger partial charge in [-0.3, -0.25) is 0 Å². The number of halogens is 3. The highest BCUT2D eigenvalue weighted by atomic mass is 35.5. The molecule has 2 rings (SSSR count). The van der Waals surface area contributed by atoms with Gasteiger partial charge in [-0.05, 0) is 42.7 Å². The molecule has 0 bridgehead atoms. The van der Waals surface area contributed by atoms with Gasteiger partial charge in [0, 0.05) is 0 Å². The predicted molar refractivity (Wildman–Crippen MR) is 76.7 cm³/mol. The van der Waals surface area contributed by atoms with E-state index >= 15 is 0 Å². The lowest BCUT2D eigenvalue weighted by atomic mass is 9.98. The molecule has 0 heterocycles. The van der Waals surface area contributed by atoms with Crippen molar-refractivity contribution in [2.45, 2.75) is 25.8 Å². The van der Waals surface area contributed by atoms with Crippen molar-refractivity contribution >= 4 is 11.6 Å². The van der Waals surface area contributed by atoms with Gasteiger partial charge in [0.05, 0.1) is 5.38 Å². The van der Waals surface area contributed by atoms with E-state index in [1.54, 1.807) is 18.2 Å². The van der Waals surface area contributed by atoms with Gasteiger partial charge >= 0.3 is 6.61 Å². The van der Waals surface area contributed by atoms with Crippen molar-refractivity contribution in [3.05, 3.63) is 64.7 Å². The predicted octanol–water partition coefficient (Wildman–Crippen LogP) is 5.23. The highest BCUT2D eigenvalue weighted by Gasteiger charge is 2.15. The van der Waals surface area contributed by atoms with Crippen molar-refractivity contribution in [1.82, 2.24) is 0 Å². The third-order valence-corrected chi connectivity index (χ3v) is 3.57. The Morgan fingerprint density at radius 2 is 1.80 bits per heavy atom. The molecular formula is C16H15ClF2O. The third kappa shape index (κ3) is 3.48. The quantitative estimate of drug-likeness (QED) is 0.702. The standard InChI is InChI=1S/C16H15ClF2O/c1-10-6-7-11(2)14(8-10)15(17)12-4-3-5-13(9-12)20-16(18)19/h3-9,15-16H,1-2H3. The SMILES string of the molecule is Cc1ccc(C)c(C(Cl)c2cccc(OC(F)F)c2)c1. The molecule has 1 unspecified atom stereocenters. The Morgan fingerprint density at radius 3 is 2.50 bits per heavy atom. The Labute approximate surface area is 122 Å². The smallest absolute Gasteiger partial charge is 0.387 e. The fraction of sp³-hybridized carbons (Fsp3) is 0.250. The van der Waals surface area contributed by atoms with Crippen LogP contribution in [0.5, 0.6) is 5.75 Å². The summed E-state index contributed by atoms with van der Waals surface area (Å²) in [5, 5.41) is -0.392. The second-order valence-corrected chi connectivity index (χ2v) is 5.11. The number of hydrogen-bond donors (Lipinski definition) is 0. The van der Waals surface area contributed by atoms with Crippen LogP contribution in [0.25, 0.3) is 0 Å². The summed E-state index contributed by atoms with van der Waals surface area (Å²) in [4.78, 5) is 0. The summed E-state index contributed by atoms with van der Waals surface area (Å²) in [6, 6.07) is 12.5. The van der Waals surface area contributed by atoms with E-state index in [4.69, 9.17) is 11.6 Å². The summed E-state index contributed by atoms with van der Waals surface area (Å²) < 4.78 is 28.9. The Morgan fingerprint density at radius 1 is 1.05 bits per heavy atom. The minimum atomic E-state index is -2.83. The summed E-state index contributed by atoms with van der Waals surface area (Å²) in [6.07, 6.45) is 0. The lowest BCUT2D eigenvalue weighted by Gasteiger charge is -2.15. The van der Waals surface area contributed by atoms with E-state index in [0.29, 0.717) is 0 Å². The second-order valence-electron chi connectivity index (χ2n) is 4.67. The number of hydrogen-bond acceptors (Lipinski definition) is 1. The van der Waals surface area contributed by atoms with Crippen molar-refractivity contribution in [3.8, 4) is 5.75 Å². The molecule has 0 aliphatic heterocycles. The first-order valence-corrected chi connectivity index (χ1v) is 6.67. The zero-order valence-electron chi connectivity index (χ0n) is 11.2. The minimum Gasteiger partial charge on any atom is -0.435 e. The lowest BCUT2D eigenvalue weighted by Crippen LogP contribution is -2.03. The van der Waals surface area contributed by atoms with Crippen LogP contribution in [0.4, 0.5) is 8.78 Å².